The lowest BCUT2D eigenvalue weighted by Crippen LogP contribution is -2.22. The number of rotatable bonds is 7. The van der Waals surface area contributed by atoms with Crippen molar-refractivity contribution in [3.05, 3.63) is 54.1 Å². The van der Waals surface area contributed by atoms with Gasteiger partial charge in [0, 0.05) is 23.7 Å². The van der Waals surface area contributed by atoms with E-state index in [0.29, 0.717) is 22.7 Å². The first-order valence-electron chi connectivity index (χ1n) is 9.27. The van der Waals surface area contributed by atoms with E-state index in [1.54, 1.807) is 31.2 Å². The standard InChI is InChI=1S/C21H22N2O8/c1-12(3-8-19(25)23-27)20(13-4-6-16(28-2)15(24)9-13)31-21(26)22-14-5-7-17-18(10-14)30-11-29-17/h3-10,12,20,24,27H,11H2,1-2H3,(H,22,26)(H,23,25)/b8-3+/t12-,20-/m0/s1. The molecule has 2 atom stereocenters. The van der Waals surface area contributed by atoms with Crippen LogP contribution in [0.3, 0.4) is 0 Å². The molecule has 0 saturated heterocycles. The predicted octanol–water partition coefficient (Wildman–Crippen LogP) is 3.12. The highest BCUT2D eigenvalue weighted by Gasteiger charge is 2.24. The smallest absolute Gasteiger partial charge is 0.412 e. The largest absolute Gasteiger partial charge is 0.504 e. The lowest BCUT2D eigenvalue weighted by molar-refractivity contribution is -0.124. The Kier molecular flexibility index (Phi) is 6.83. The molecule has 3 rings (SSSR count). The molecule has 2 aromatic carbocycles. The van der Waals surface area contributed by atoms with Crippen LogP contribution in [0.5, 0.6) is 23.0 Å². The van der Waals surface area contributed by atoms with E-state index in [0.717, 1.165) is 6.08 Å². The highest BCUT2D eigenvalue weighted by Crippen LogP contribution is 2.36. The van der Waals surface area contributed by atoms with Gasteiger partial charge in [-0.1, -0.05) is 19.1 Å². The maximum absolute atomic E-state index is 12.6. The van der Waals surface area contributed by atoms with E-state index >= 15 is 0 Å². The Balaban J connectivity index is 1.79. The Morgan fingerprint density at radius 2 is 1.94 bits per heavy atom. The fraction of sp³-hybridized carbons (Fsp3) is 0.238. The van der Waals surface area contributed by atoms with Crippen molar-refractivity contribution in [3.63, 3.8) is 0 Å². The van der Waals surface area contributed by atoms with Gasteiger partial charge in [0.15, 0.2) is 23.0 Å². The van der Waals surface area contributed by atoms with E-state index in [1.165, 1.54) is 30.8 Å². The fourth-order valence-electron chi connectivity index (χ4n) is 2.98. The molecule has 31 heavy (non-hydrogen) atoms. The van der Waals surface area contributed by atoms with Crippen LogP contribution in [-0.2, 0) is 9.53 Å². The first kappa shape index (κ1) is 21.8. The van der Waals surface area contributed by atoms with E-state index in [9.17, 15) is 14.7 Å². The fourth-order valence-corrected chi connectivity index (χ4v) is 2.98. The molecule has 0 unspecified atom stereocenters. The molecule has 0 fully saturated rings. The summed E-state index contributed by atoms with van der Waals surface area (Å²) in [6, 6.07) is 9.48. The summed E-state index contributed by atoms with van der Waals surface area (Å²) in [4.78, 5) is 23.9. The predicted molar refractivity (Wildman–Crippen MR) is 108 cm³/mol. The van der Waals surface area contributed by atoms with Crippen LogP contribution in [0.2, 0.25) is 0 Å². The van der Waals surface area contributed by atoms with Crippen molar-refractivity contribution >= 4 is 17.7 Å². The number of fused-ring (bicyclic) bond motifs is 1. The van der Waals surface area contributed by atoms with Crippen molar-refractivity contribution in [3.8, 4) is 23.0 Å². The number of phenols is 1. The summed E-state index contributed by atoms with van der Waals surface area (Å²) in [5.41, 5.74) is 2.40. The molecule has 164 valence electrons. The third-order valence-electron chi connectivity index (χ3n) is 4.52. The van der Waals surface area contributed by atoms with Gasteiger partial charge in [-0.15, -0.1) is 0 Å². The minimum atomic E-state index is -0.867. The van der Waals surface area contributed by atoms with Crippen molar-refractivity contribution in [2.45, 2.75) is 13.0 Å². The molecule has 10 nitrogen and oxygen atoms in total. The van der Waals surface area contributed by atoms with Gasteiger partial charge in [0.25, 0.3) is 5.91 Å². The van der Waals surface area contributed by atoms with Crippen LogP contribution in [0, 0.1) is 5.92 Å². The molecular formula is C21H22N2O8. The number of phenolic OH excluding ortho intramolecular Hbond substituents is 1. The van der Waals surface area contributed by atoms with Crippen LogP contribution < -0.4 is 25.0 Å². The Labute approximate surface area is 177 Å². The van der Waals surface area contributed by atoms with Gasteiger partial charge in [0.2, 0.25) is 6.79 Å². The van der Waals surface area contributed by atoms with Crippen LogP contribution in [0.25, 0.3) is 0 Å². The van der Waals surface area contributed by atoms with Gasteiger partial charge in [0.05, 0.1) is 7.11 Å². The van der Waals surface area contributed by atoms with E-state index in [2.05, 4.69) is 5.32 Å². The maximum atomic E-state index is 12.6. The number of nitrogens with one attached hydrogen (secondary N) is 2. The van der Waals surface area contributed by atoms with Gasteiger partial charge < -0.3 is 24.1 Å². The number of methoxy groups -OCH3 is 1. The monoisotopic (exact) mass is 430 g/mol. The number of hydrogen-bond donors (Lipinski definition) is 4. The van der Waals surface area contributed by atoms with E-state index in [-0.39, 0.29) is 18.3 Å². The molecule has 0 aliphatic carbocycles. The highest BCUT2D eigenvalue weighted by atomic mass is 16.7. The molecule has 0 radical (unpaired) electrons. The molecule has 10 heteroatoms. The Hall–Kier alpha value is -3.92. The topological polar surface area (TPSA) is 136 Å². The number of carbonyl (C=O) groups excluding carboxylic acids is 2. The zero-order chi connectivity index (χ0) is 22.4. The van der Waals surface area contributed by atoms with Crippen molar-refractivity contribution < 1.29 is 38.9 Å². The van der Waals surface area contributed by atoms with Gasteiger partial charge in [-0.3, -0.25) is 15.3 Å². The second kappa shape index (κ2) is 9.72. The number of hydroxylamine groups is 1. The van der Waals surface area contributed by atoms with Crippen molar-refractivity contribution in [2.75, 3.05) is 19.2 Å². The third-order valence-corrected chi connectivity index (χ3v) is 4.52. The number of hydrogen-bond acceptors (Lipinski definition) is 8. The van der Waals surface area contributed by atoms with Gasteiger partial charge in [-0.05, 0) is 29.8 Å². The summed E-state index contributed by atoms with van der Waals surface area (Å²) in [7, 11) is 1.42. The number of anilines is 1. The van der Waals surface area contributed by atoms with Crippen LogP contribution in [0.4, 0.5) is 10.5 Å². The molecule has 0 bridgehead atoms. The van der Waals surface area contributed by atoms with Gasteiger partial charge in [-0.2, -0.15) is 0 Å². The average molecular weight is 430 g/mol. The van der Waals surface area contributed by atoms with Crippen molar-refractivity contribution in [2.24, 2.45) is 5.92 Å². The van der Waals surface area contributed by atoms with Gasteiger partial charge >= 0.3 is 6.09 Å². The lowest BCUT2D eigenvalue weighted by atomic mass is 9.96. The van der Waals surface area contributed by atoms with Crippen LogP contribution in [-0.4, -0.2) is 36.2 Å². The zero-order valence-corrected chi connectivity index (χ0v) is 16.8. The molecule has 4 N–H and O–H groups in total. The molecular weight excluding hydrogens is 408 g/mol. The van der Waals surface area contributed by atoms with Gasteiger partial charge in [0.1, 0.15) is 6.10 Å². The first-order chi connectivity index (χ1) is 14.9. The molecule has 1 aliphatic heterocycles. The molecule has 1 heterocycles. The summed E-state index contributed by atoms with van der Waals surface area (Å²) in [5.74, 6) is -0.0167. The average Bonchev–Trinajstić information content (AvgIpc) is 3.23. The third kappa shape index (κ3) is 5.37. The molecule has 2 aromatic rings. The Bertz CT molecular complexity index is 991. The van der Waals surface area contributed by atoms with Crippen LogP contribution in [0.1, 0.15) is 18.6 Å². The highest BCUT2D eigenvalue weighted by molar-refractivity contribution is 5.86. The summed E-state index contributed by atoms with van der Waals surface area (Å²) in [5, 5.41) is 21.4. The van der Waals surface area contributed by atoms with Crippen LogP contribution >= 0.6 is 0 Å². The number of amides is 2. The van der Waals surface area contributed by atoms with Crippen molar-refractivity contribution in [1.82, 2.24) is 5.48 Å². The minimum absolute atomic E-state index is 0.109. The summed E-state index contributed by atoms with van der Waals surface area (Å²) >= 11 is 0. The van der Waals surface area contributed by atoms with Gasteiger partial charge in [-0.25, -0.2) is 10.3 Å². The SMILES string of the molecule is COc1ccc([C@@H](OC(=O)Nc2ccc3c(c2)OCO3)[C@@H](C)/C=C/C(=O)NO)cc1O. The number of aromatic hydroxyl groups is 1. The molecule has 0 aromatic heterocycles. The summed E-state index contributed by atoms with van der Waals surface area (Å²) in [6.07, 6.45) is 0.950. The van der Waals surface area contributed by atoms with Crippen molar-refractivity contribution in [1.29, 1.82) is 0 Å². The molecule has 2 amide bonds. The normalized spacial score (nSPS) is 14.0. The molecule has 0 spiro atoms. The summed E-state index contributed by atoms with van der Waals surface area (Å²) in [6.45, 7) is 1.82. The first-order valence-corrected chi connectivity index (χ1v) is 9.27. The molecule has 1 aliphatic rings. The number of ether oxygens (including phenoxy) is 4. The molecule has 0 saturated carbocycles. The quantitative estimate of drug-likeness (QED) is 0.299. The van der Waals surface area contributed by atoms with E-state index in [4.69, 9.17) is 24.2 Å². The second-order valence-electron chi connectivity index (χ2n) is 6.64. The summed E-state index contributed by atoms with van der Waals surface area (Å²) < 4.78 is 21.2. The zero-order valence-electron chi connectivity index (χ0n) is 16.8. The second-order valence-corrected chi connectivity index (χ2v) is 6.64. The van der Waals surface area contributed by atoms with E-state index < -0.39 is 24.0 Å². The maximum Gasteiger partial charge on any atom is 0.412 e. The van der Waals surface area contributed by atoms with Crippen LogP contribution in [0.15, 0.2) is 48.6 Å². The Morgan fingerprint density at radius 3 is 2.65 bits per heavy atom. The Morgan fingerprint density at radius 1 is 1.16 bits per heavy atom. The lowest BCUT2D eigenvalue weighted by Gasteiger charge is -2.23. The number of carbonyl (C=O) groups is 2. The van der Waals surface area contributed by atoms with E-state index in [1.807, 2.05) is 0 Å². The minimum Gasteiger partial charge on any atom is -0.504 e. The number of benzene rings is 2.